The molecule has 23 heavy (non-hydrogen) atoms. The van der Waals surface area contributed by atoms with Crippen LogP contribution in [0, 0.1) is 5.82 Å². The van der Waals surface area contributed by atoms with Crippen LogP contribution >= 0.6 is 11.6 Å². The fraction of sp³-hybridized carbons (Fsp3) is 0.235. The Balaban J connectivity index is 1.56. The molecule has 0 saturated carbocycles. The molecular formula is C17H17ClFN3O. The SMILES string of the molecule is Cn1nc(CNCCOc2ccccc2F)c2c(Cl)cccc21. The lowest BCUT2D eigenvalue weighted by Gasteiger charge is -2.07. The Labute approximate surface area is 138 Å². The minimum atomic E-state index is -0.352. The number of benzene rings is 2. The third kappa shape index (κ3) is 3.46. The van der Waals surface area contributed by atoms with E-state index in [0.717, 1.165) is 16.6 Å². The molecule has 0 fully saturated rings. The van der Waals surface area contributed by atoms with E-state index in [2.05, 4.69) is 10.4 Å². The van der Waals surface area contributed by atoms with Crippen molar-refractivity contribution in [3.8, 4) is 5.75 Å². The number of para-hydroxylation sites is 1. The predicted molar refractivity (Wildman–Crippen MR) is 89.3 cm³/mol. The molecule has 1 N–H and O–H groups in total. The van der Waals surface area contributed by atoms with Crippen LogP contribution in [-0.2, 0) is 13.6 Å². The van der Waals surface area contributed by atoms with Gasteiger partial charge in [0.1, 0.15) is 6.61 Å². The highest BCUT2D eigenvalue weighted by atomic mass is 35.5. The van der Waals surface area contributed by atoms with Gasteiger partial charge in [-0.2, -0.15) is 5.10 Å². The van der Waals surface area contributed by atoms with Crippen LogP contribution in [0.3, 0.4) is 0 Å². The Kier molecular flexibility index (Phi) is 4.79. The van der Waals surface area contributed by atoms with Crippen LogP contribution in [0.4, 0.5) is 4.39 Å². The normalized spacial score (nSPS) is 11.1. The summed E-state index contributed by atoms with van der Waals surface area (Å²) in [6, 6.07) is 12.1. The third-order valence-electron chi connectivity index (χ3n) is 3.57. The van der Waals surface area contributed by atoms with Gasteiger partial charge in [0.15, 0.2) is 11.6 Å². The quantitative estimate of drug-likeness (QED) is 0.701. The van der Waals surface area contributed by atoms with Gasteiger partial charge in [0, 0.05) is 25.5 Å². The minimum Gasteiger partial charge on any atom is -0.489 e. The van der Waals surface area contributed by atoms with Gasteiger partial charge in [0.05, 0.1) is 16.2 Å². The van der Waals surface area contributed by atoms with Crippen molar-refractivity contribution >= 4 is 22.5 Å². The van der Waals surface area contributed by atoms with Crippen LogP contribution in [-0.4, -0.2) is 22.9 Å². The van der Waals surface area contributed by atoms with E-state index in [1.165, 1.54) is 6.07 Å². The minimum absolute atomic E-state index is 0.264. The van der Waals surface area contributed by atoms with Gasteiger partial charge in [-0.25, -0.2) is 4.39 Å². The fourth-order valence-corrected chi connectivity index (χ4v) is 2.76. The molecule has 0 radical (unpaired) electrons. The van der Waals surface area contributed by atoms with E-state index in [9.17, 15) is 4.39 Å². The van der Waals surface area contributed by atoms with Crippen LogP contribution in [0.25, 0.3) is 10.9 Å². The topological polar surface area (TPSA) is 39.1 Å². The third-order valence-corrected chi connectivity index (χ3v) is 3.88. The van der Waals surface area contributed by atoms with Gasteiger partial charge in [-0.3, -0.25) is 4.68 Å². The monoisotopic (exact) mass is 333 g/mol. The molecule has 0 bridgehead atoms. The maximum Gasteiger partial charge on any atom is 0.165 e. The molecule has 0 atom stereocenters. The second-order valence-electron chi connectivity index (χ2n) is 5.16. The van der Waals surface area contributed by atoms with Crippen LogP contribution < -0.4 is 10.1 Å². The van der Waals surface area contributed by atoms with Crippen molar-refractivity contribution in [1.82, 2.24) is 15.1 Å². The van der Waals surface area contributed by atoms with Crippen LogP contribution in [0.2, 0.25) is 5.02 Å². The van der Waals surface area contributed by atoms with Gasteiger partial charge in [-0.05, 0) is 24.3 Å². The molecule has 2 aromatic carbocycles. The summed E-state index contributed by atoms with van der Waals surface area (Å²) in [5.74, 6) is -0.0874. The van der Waals surface area contributed by atoms with Crippen molar-refractivity contribution in [3.63, 3.8) is 0 Å². The molecule has 1 aromatic heterocycles. The van der Waals surface area contributed by atoms with Crippen LogP contribution in [0.5, 0.6) is 5.75 Å². The van der Waals surface area contributed by atoms with Gasteiger partial charge in [-0.1, -0.05) is 29.8 Å². The summed E-state index contributed by atoms with van der Waals surface area (Å²) in [6.07, 6.45) is 0. The number of aryl methyl sites for hydroxylation is 1. The summed E-state index contributed by atoms with van der Waals surface area (Å²) in [6.45, 7) is 1.53. The van der Waals surface area contributed by atoms with E-state index in [0.29, 0.717) is 24.7 Å². The zero-order chi connectivity index (χ0) is 16.2. The van der Waals surface area contributed by atoms with Crippen molar-refractivity contribution in [2.75, 3.05) is 13.2 Å². The molecule has 0 aliphatic carbocycles. The number of nitrogens with zero attached hydrogens (tertiary/aromatic N) is 2. The zero-order valence-electron chi connectivity index (χ0n) is 12.7. The first-order valence-electron chi connectivity index (χ1n) is 7.35. The van der Waals surface area contributed by atoms with Crippen molar-refractivity contribution in [2.45, 2.75) is 6.54 Å². The number of rotatable bonds is 6. The summed E-state index contributed by atoms with van der Waals surface area (Å²) >= 11 is 6.27. The van der Waals surface area contributed by atoms with E-state index < -0.39 is 0 Å². The summed E-state index contributed by atoms with van der Waals surface area (Å²) in [5, 5.41) is 9.38. The Hall–Kier alpha value is -2.11. The molecule has 6 heteroatoms. The first kappa shape index (κ1) is 15.8. The molecule has 0 amide bonds. The summed E-state index contributed by atoms with van der Waals surface area (Å²) < 4.78 is 20.6. The Morgan fingerprint density at radius 2 is 2.04 bits per heavy atom. The second-order valence-corrected chi connectivity index (χ2v) is 5.57. The number of aromatic nitrogens is 2. The molecule has 3 rings (SSSR count). The number of ether oxygens (including phenoxy) is 1. The van der Waals surface area contributed by atoms with Crippen molar-refractivity contribution in [2.24, 2.45) is 7.05 Å². The highest BCUT2D eigenvalue weighted by Crippen LogP contribution is 2.26. The van der Waals surface area contributed by atoms with Gasteiger partial charge >= 0.3 is 0 Å². The van der Waals surface area contributed by atoms with Crippen molar-refractivity contribution in [1.29, 1.82) is 0 Å². The van der Waals surface area contributed by atoms with E-state index in [1.807, 2.05) is 29.9 Å². The van der Waals surface area contributed by atoms with E-state index in [-0.39, 0.29) is 11.6 Å². The lowest BCUT2D eigenvalue weighted by molar-refractivity contribution is 0.298. The van der Waals surface area contributed by atoms with Gasteiger partial charge < -0.3 is 10.1 Å². The predicted octanol–water partition coefficient (Wildman–Crippen LogP) is 3.53. The number of hydrogen-bond donors (Lipinski definition) is 1. The van der Waals surface area contributed by atoms with Crippen LogP contribution in [0.1, 0.15) is 5.69 Å². The van der Waals surface area contributed by atoms with E-state index in [4.69, 9.17) is 16.3 Å². The molecule has 0 unspecified atom stereocenters. The average molecular weight is 334 g/mol. The number of fused-ring (bicyclic) bond motifs is 1. The second kappa shape index (κ2) is 6.98. The largest absolute Gasteiger partial charge is 0.489 e. The van der Waals surface area contributed by atoms with Gasteiger partial charge in [-0.15, -0.1) is 0 Å². The molecule has 1 heterocycles. The number of halogens is 2. The van der Waals surface area contributed by atoms with E-state index in [1.54, 1.807) is 18.2 Å². The zero-order valence-corrected chi connectivity index (χ0v) is 13.5. The Morgan fingerprint density at radius 3 is 2.87 bits per heavy atom. The van der Waals surface area contributed by atoms with E-state index >= 15 is 0 Å². The standard InChI is InChI=1S/C17H17ClFN3O/c1-22-15-7-4-5-12(18)17(15)14(21-22)11-20-9-10-23-16-8-3-2-6-13(16)19/h2-8,20H,9-11H2,1H3. The van der Waals surface area contributed by atoms with Gasteiger partial charge in [0.2, 0.25) is 0 Å². The average Bonchev–Trinajstić information content (AvgIpc) is 2.86. The molecule has 0 aliphatic heterocycles. The fourth-order valence-electron chi connectivity index (χ4n) is 2.48. The number of hydrogen-bond acceptors (Lipinski definition) is 3. The summed E-state index contributed by atoms with van der Waals surface area (Å²) in [5.41, 5.74) is 1.89. The van der Waals surface area contributed by atoms with Gasteiger partial charge in [0.25, 0.3) is 0 Å². The smallest absolute Gasteiger partial charge is 0.165 e. The highest BCUT2D eigenvalue weighted by Gasteiger charge is 2.11. The summed E-state index contributed by atoms with van der Waals surface area (Å²) in [7, 11) is 1.89. The highest BCUT2D eigenvalue weighted by molar-refractivity contribution is 6.35. The van der Waals surface area contributed by atoms with Crippen molar-refractivity contribution in [3.05, 3.63) is 59.0 Å². The molecule has 0 aliphatic rings. The molecule has 0 saturated heterocycles. The molecule has 120 valence electrons. The molecule has 3 aromatic rings. The van der Waals surface area contributed by atoms with Crippen LogP contribution in [0.15, 0.2) is 42.5 Å². The first-order valence-corrected chi connectivity index (χ1v) is 7.73. The summed E-state index contributed by atoms with van der Waals surface area (Å²) in [4.78, 5) is 0. The van der Waals surface area contributed by atoms with Crippen molar-refractivity contribution < 1.29 is 9.13 Å². The Morgan fingerprint density at radius 1 is 1.22 bits per heavy atom. The number of nitrogens with one attached hydrogen (secondary N) is 1. The maximum absolute atomic E-state index is 13.4. The Bertz CT molecular complexity index is 819. The molecule has 0 spiro atoms. The lowest BCUT2D eigenvalue weighted by Crippen LogP contribution is -2.21. The molecule has 4 nitrogen and oxygen atoms in total. The molecular weight excluding hydrogens is 317 g/mol. The lowest BCUT2D eigenvalue weighted by atomic mass is 10.2. The maximum atomic E-state index is 13.4. The first-order chi connectivity index (χ1) is 11.2.